The number of hydrogen-bond acceptors (Lipinski definition) is 3. The van der Waals surface area contributed by atoms with Crippen molar-refractivity contribution in [3.63, 3.8) is 0 Å². The maximum absolute atomic E-state index is 13.7. The Labute approximate surface area is 112 Å². The van der Waals surface area contributed by atoms with Crippen LogP contribution < -0.4 is 15.4 Å². The van der Waals surface area contributed by atoms with E-state index in [1.807, 2.05) is 0 Å². The molecule has 1 aliphatic carbocycles. The number of nitrogens with zero attached hydrogens (tertiary/aromatic N) is 1. The smallest absolute Gasteiger partial charge is 0.229 e. The summed E-state index contributed by atoms with van der Waals surface area (Å²) in [5, 5.41) is 0. The van der Waals surface area contributed by atoms with Crippen LogP contribution in [0.3, 0.4) is 0 Å². The number of rotatable bonds is 4. The molecule has 0 radical (unpaired) electrons. The van der Waals surface area contributed by atoms with E-state index in [0.29, 0.717) is 25.1 Å². The molecule has 0 atom stereocenters. The largest absolute Gasteiger partial charge is 0.491 e. The van der Waals surface area contributed by atoms with Crippen LogP contribution in [0.2, 0.25) is 0 Å². The van der Waals surface area contributed by atoms with Gasteiger partial charge in [0.2, 0.25) is 5.91 Å². The molecule has 0 unspecified atom stereocenters. The van der Waals surface area contributed by atoms with E-state index in [9.17, 15) is 9.18 Å². The highest BCUT2D eigenvalue weighted by Crippen LogP contribution is 2.30. The number of hydrogen-bond donors (Lipinski definition) is 1. The van der Waals surface area contributed by atoms with Crippen molar-refractivity contribution in [2.75, 3.05) is 18.6 Å². The van der Waals surface area contributed by atoms with Gasteiger partial charge in [0.25, 0.3) is 0 Å². The highest BCUT2D eigenvalue weighted by atomic mass is 19.1. The lowest BCUT2D eigenvalue weighted by Gasteiger charge is -2.34. The minimum absolute atomic E-state index is 0.00902. The molecule has 1 fully saturated rings. The average Bonchev–Trinajstić information content (AvgIpc) is 2.36. The van der Waals surface area contributed by atoms with Gasteiger partial charge in [0.05, 0.1) is 6.61 Å². The van der Waals surface area contributed by atoms with Crippen molar-refractivity contribution < 1.29 is 13.9 Å². The maximum atomic E-state index is 13.7. The molecule has 0 bridgehead atoms. The summed E-state index contributed by atoms with van der Waals surface area (Å²) in [6.07, 6.45) is 1.42. The fraction of sp³-hybridized carbons (Fsp3) is 0.500. The summed E-state index contributed by atoms with van der Waals surface area (Å²) in [5.74, 6) is -0.290. The first-order valence-corrected chi connectivity index (χ1v) is 6.48. The van der Waals surface area contributed by atoms with Crippen molar-refractivity contribution in [3.8, 4) is 5.75 Å². The molecule has 2 N–H and O–H groups in total. The highest BCUT2D eigenvalue weighted by molar-refractivity contribution is 5.95. The average molecular weight is 266 g/mol. The van der Waals surface area contributed by atoms with Gasteiger partial charge in [-0.05, 0) is 31.9 Å². The number of nitrogens with two attached hydrogens (primary N) is 1. The van der Waals surface area contributed by atoms with Crippen molar-refractivity contribution in [2.24, 2.45) is 11.7 Å². The van der Waals surface area contributed by atoms with Crippen molar-refractivity contribution in [1.82, 2.24) is 0 Å². The van der Waals surface area contributed by atoms with Gasteiger partial charge in [0.15, 0.2) is 11.6 Å². The van der Waals surface area contributed by atoms with E-state index in [0.717, 1.165) is 0 Å². The van der Waals surface area contributed by atoms with Gasteiger partial charge in [-0.1, -0.05) is 0 Å². The van der Waals surface area contributed by atoms with E-state index in [-0.39, 0.29) is 23.6 Å². The second-order valence-electron chi connectivity index (χ2n) is 4.87. The Balaban J connectivity index is 2.08. The lowest BCUT2D eigenvalue weighted by atomic mass is 9.80. The summed E-state index contributed by atoms with van der Waals surface area (Å²) < 4.78 is 18.9. The molecule has 5 heteroatoms. The van der Waals surface area contributed by atoms with Crippen LogP contribution in [0.1, 0.15) is 19.8 Å². The Morgan fingerprint density at radius 1 is 1.53 bits per heavy atom. The second kappa shape index (κ2) is 5.57. The third-order valence-corrected chi connectivity index (χ3v) is 3.46. The Morgan fingerprint density at radius 3 is 2.74 bits per heavy atom. The molecule has 19 heavy (non-hydrogen) atoms. The van der Waals surface area contributed by atoms with E-state index < -0.39 is 5.82 Å². The van der Waals surface area contributed by atoms with Crippen LogP contribution in [-0.2, 0) is 4.79 Å². The highest BCUT2D eigenvalue weighted by Gasteiger charge is 2.34. The Hall–Kier alpha value is -1.62. The van der Waals surface area contributed by atoms with Gasteiger partial charge in [-0.25, -0.2) is 4.39 Å². The SMILES string of the molecule is CCOc1ccc(N(C)C(=O)C2CC(N)C2)cc1F. The van der Waals surface area contributed by atoms with Gasteiger partial charge in [0, 0.05) is 30.8 Å². The van der Waals surface area contributed by atoms with Crippen molar-refractivity contribution in [3.05, 3.63) is 24.0 Å². The van der Waals surface area contributed by atoms with Gasteiger partial charge in [-0.3, -0.25) is 4.79 Å². The van der Waals surface area contributed by atoms with Gasteiger partial charge < -0.3 is 15.4 Å². The first kappa shape index (κ1) is 13.8. The Bertz CT molecular complexity index is 473. The van der Waals surface area contributed by atoms with E-state index in [2.05, 4.69) is 0 Å². The summed E-state index contributed by atoms with van der Waals surface area (Å²) in [5.41, 5.74) is 6.21. The fourth-order valence-electron chi connectivity index (χ4n) is 2.24. The van der Waals surface area contributed by atoms with Crippen molar-refractivity contribution >= 4 is 11.6 Å². The van der Waals surface area contributed by atoms with Crippen LogP contribution in [0.15, 0.2) is 18.2 Å². The molecule has 0 aliphatic heterocycles. The van der Waals surface area contributed by atoms with Gasteiger partial charge in [-0.2, -0.15) is 0 Å². The molecule has 4 nitrogen and oxygen atoms in total. The standard InChI is InChI=1S/C14H19FN2O2/c1-3-19-13-5-4-11(8-12(13)15)17(2)14(18)9-6-10(16)7-9/h4-5,8-10H,3,6-7,16H2,1-2H3. The molecule has 2 rings (SSSR count). The normalized spacial score (nSPS) is 21.7. The minimum Gasteiger partial charge on any atom is -0.491 e. The first-order valence-electron chi connectivity index (χ1n) is 6.48. The zero-order valence-electron chi connectivity index (χ0n) is 11.2. The lowest BCUT2D eigenvalue weighted by Crippen LogP contribution is -2.45. The van der Waals surface area contributed by atoms with Crippen LogP contribution in [0.4, 0.5) is 10.1 Å². The monoisotopic (exact) mass is 266 g/mol. The van der Waals surface area contributed by atoms with Crippen LogP contribution in [0, 0.1) is 11.7 Å². The van der Waals surface area contributed by atoms with Crippen LogP contribution >= 0.6 is 0 Å². The number of carbonyl (C=O) groups excluding carboxylic acids is 1. The van der Waals surface area contributed by atoms with Crippen LogP contribution in [0.5, 0.6) is 5.75 Å². The number of amides is 1. The number of benzene rings is 1. The van der Waals surface area contributed by atoms with Crippen LogP contribution in [-0.4, -0.2) is 25.6 Å². The van der Waals surface area contributed by atoms with Gasteiger partial charge in [-0.15, -0.1) is 0 Å². The zero-order chi connectivity index (χ0) is 14.0. The van der Waals surface area contributed by atoms with E-state index in [1.54, 1.807) is 26.1 Å². The quantitative estimate of drug-likeness (QED) is 0.906. The van der Waals surface area contributed by atoms with Crippen molar-refractivity contribution in [2.45, 2.75) is 25.8 Å². The molecule has 1 aromatic rings. The molecule has 1 aromatic carbocycles. The minimum atomic E-state index is -0.454. The molecule has 0 heterocycles. The molecule has 1 amide bonds. The number of halogens is 1. The van der Waals surface area contributed by atoms with Crippen molar-refractivity contribution in [1.29, 1.82) is 0 Å². The molecule has 0 saturated heterocycles. The molecule has 1 saturated carbocycles. The molecular weight excluding hydrogens is 247 g/mol. The lowest BCUT2D eigenvalue weighted by molar-refractivity contribution is -0.124. The van der Waals surface area contributed by atoms with Gasteiger partial charge in [0.1, 0.15) is 0 Å². The number of carbonyl (C=O) groups is 1. The summed E-state index contributed by atoms with van der Waals surface area (Å²) in [6.45, 7) is 2.20. The summed E-state index contributed by atoms with van der Waals surface area (Å²) in [7, 11) is 1.65. The van der Waals surface area contributed by atoms with E-state index in [4.69, 9.17) is 10.5 Å². The molecule has 104 valence electrons. The molecular formula is C14H19FN2O2. The number of ether oxygens (including phenoxy) is 1. The summed E-state index contributed by atoms with van der Waals surface area (Å²) >= 11 is 0. The predicted octanol–water partition coefficient (Wildman–Crippen LogP) is 1.92. The van der Waals surface area contributed by atoms with E-state index >= 15 is 0 Å². The third kappa shape index (κ3) is 2.87. The molecule has 1 aliphatic rings. The summed E-state index contributed by atoms with van der Waals surface area (Å²) in [6, 6.07) is 4.68. The maximum Gasteiger partial charge on any atom is 0.229 e. The van der Waals surface area contributed by atoms with Crippen LogP contribution in [0.25, 0.3) is 0 Å². The topological polar surface area (TPSA) is 55.6 Å². The third-order valence-electron chi connectivity index (χ3n) is 3.46. The van der Waals surface area contributed by atoms with E-state index in [1.165, 1.54) is 11.0 Å². The Kier molecular flexibility index (Phi) is 4.04. The second-order valence-corrected chi connectivity index (χ2v) is 4.87. The van der Waals surface area contributed by atoms with Gasteiger partial charge >= 0.3 is 0 Å². The zero-order valence-corrected chi connectivity index (χ0v) is 11.2. The first-order chi connectivity index (χ1) is 9.02. The number of anilines is 1. The fourth-order valence-corrected chi connectivity index (χ4v) is 2.24. The Morgan fingerprint density at radius 2 is 2.21 bits per heavy atom. The predicted molar refractivity (Wildman–Crippen MR) is 71.7 cm³/mol. The summed E-state index contributed by atoms with van der Waals surface area (Å²) in [4.78, 5) is 13.6. The molecule has 0 spiro atoms. The molecule has 0 aromatic heterocycles.